The highest BCUT2D eigenvalue weighted by atomic mass is 15.2. The number of rotatable bonds is 4. The van der Waals surface area contributed by atoms with E-state index in [4.69, 9.17) is 0 Å². The van der Waals surface area contributed by atoms with Crippen LogP contribution in [0.3, 0.4) is 0 Å². The van der Waals surface area contributed by atoms with Crippen LogP contribution < -0.4 is 5.32 Å². The molecule has 0 bridgehead atoms. The standard InChI is InChI=1S/C16H30N2/c1-13-2-6-16(7-3-13)18-10-8-15(9-11-18)17-12-14-4-5-14/h13-17H,2-12H2,1H3. The van der Waals surface area contributed by atoms with Crippen molar-refractivity contribution >= 4 is 0 Å². The molecule has 1 N–H and O–H groups in total. The van der Waals surface area contributed by atoms with Crippen molar-refractivity contribution in [3.05, 3.63) is 0 Å². The monoisotopic (exact) mass is 250 g/mol. The lowest BCUT2D eigenvalue weighted by molar-refractivity contribution is 0.104. The van der Waals surface area contributed by atoms with E-state index in [9.17, 15) is 0 Å². The molecule has 1 aliphatic heterocycles. The Morgan fingerprint density at radius 3 is 2.17 bits per heavy atom. The average Bonchev–Trinajstić information content (AvgIpc) is 3.22. The minimum absolute atomic E-state index is 0.823. The van der Waals surface area contributed by atoms with Gasteiger partial charge in [-0.1, -0.05) is 6.92 Å². The van der Waals surface area contributed by atoms with Crippen LogP contribution in [0.4, 0.5) is 0 Å². The van der Waals surface area contributed by atoms with E-state index in [1.54, 1.807) is 0 Å². The first-order valence-corrected chi connectivity index (χ1v) is 8.28. The second-order valence-corrected chi connectivity index (χ2v) is 7.08. The van der Waals surface area contributed by atoms with Crippen LogP contribution in [0.2, 0.25) is 0 Å². The van der Waals surface area contributed by atoms with Gasteiger partial charge >= 0.3 is 0 Å². The smallest absolute Gasteiger partial charge is 0.00954 e. The highest BCUT2D eigenvalue weighted by Gasteiger charge is 2.28. The van der Waals surface area contributed by atoms with E-state index in [0.29, 0.717) is 0 Å². The third-order valence-electron chi connectivity index (χ3n) is 5.42. The molecule has 0 amide bonds. The van der Waals surface area contributed by atoms with Gasteiger partial charge in [-0.05, 0) is 82.8 Å². The molecule has 0 aromatic carbocycles. The molecule has 0 unspecified atom stereocenters. The Morgan fingerprint density at radius 2 is 1.56 bits per heavy atom. The molecule has 0 atom stereocenters. The van der Waals surface area contributed by atoms with Crippen LogP contribution in [0.1, 0.15) is 58.3 Å². The average molecular weight is 250 g/mol. The molecular formula is C16H30N2. The van der Waals surface area contributed by atoms with Crippen LogP contribution in [-0.2, 0) is 0 Å². The van der Waals surface area contributed by atoms with Crippen molar-refractivity contribution in [1.29, 1.82) is 0 Å². The maximum atomic E-state index is 3.79. The first-order chi connectivity index (χ1) is 8.81. The molecule has 18 heavy (non-hydrogen) atoms. The van der Waals surface area contributed by atoms with E-state index >= 15 is 0 Å². The SMILES string of the molecule is CC1CCC(N2CCC(NCC3CC3)CC2)CC1. The van der Waals surface area contributed by atoms with Crippen LogP contribution in [0.5, 0.6) is 0 Å². The van der Waals surface area contributed by atoms with Gasteiger partial charge in [-0.15, -0.1) is 0 Å². The summed E-state index contributed by atoms with van der Waals surface area (Å²) in [5.41, 5.74) is 0. The zero-order valence-corrected chi connectivity index (χ0v) is 12.0. The zero-order valence-electron chi connectivity index (χ0n) is 12.0. The summed E-state index contributed by atoms with van der Waals surface area (Å²) < 4.78 is 0. The number of likely N-dealkylation sites (tertiary alicyclic amines) is 1. The Kier molecular flexibility index (Phi) is 4.25. The van der Waals surface area contributed by atoms with Crippen molar-refractivity contribution in [2.75, 3.05) is 19.6 Å². The van der Waals surface area contributed by atoms with Crippen molar-refractivity contribution < 1.29 is 0 Å². The van der Waals surface area contributed by atoms with E-state index < -0.39 is 0 Å². The number of hydrogen-bond donors (Lipinski definition) is 1. The van der Waals surface area contributed by atoms with Crippen LogP contribution in [0, 0.1) is 11.8 Å². The van der Waals surface area contributed by atoms with Gasteiger partial charge in [-0.25, -0.2) is 0 Å². The predicted molar refractivity (Wildman–Crippen MR) is 76.7 cm³/mol. The Balaban J connectivity index is 1.36. The predicted octanol–water partition coefficient (Wildman–Crippen LogP) is 3.03. The van der Waals surface area contributed by atoms with E-state index in [1.165, 1.54) is 71.0 Å². The van der Waals surface area contributed by atoms with E-state index in [1.807, 2.05) is 0 Å². The molecule has 1 heterocycles. The summed E-state index contributed by atoms with van der Waals surface area (Å²) in [7, 11) is 0. The summed E-state index contributed by atoms with van der Waals surface area (Å²) in [6, 6.07) is 1.75. The maximum Gasteiger partial charge on any atom is 0.00954 e. The fraction of sp³-hybridized carbons (Fsp3) is 1.00. The van der Waals surface area contributed by atoms with E-state index in [0.717, 1.165) is 23.9 Å². The lowest BCUT2D eigenvalue weighted by atomic mass is 9.85. The van der Waals surface area contributed by atoms with Crippen LogP contribution >= 0.6 is 0 Å². The third-order valence-corrected chi connectivity index (χ3v) is 5.42. The fourth-order valence-corrected chi connectivity index (χ4v) is 3.73. The normalized spacial score (nSPS) is 35.8. The molecule has 2 aliphatic carbocycles. The molecule has 2 heteroatoms. The highest BCUT2D eigenvalue weighted by molar-refractivity contribution is 4.85. The van der Waals surface area contributed by atoms with Gasteiger partial charge in [0.25, 0.3) is 0 Å². The minimum Gasteiger partial charge on any atom is -0.314 e. The number of nitrogens with one attached hydrogen (secondary N) is 1. The second kappa shape index (κ2) is 5.92. The van der Waals surface area contributed by atoms with Crippen molar-refractivity contribution in [3.8, 4) is 0 Å². The number of piperidine rings is 1. The van der Waals surface area contributed by atoms with Gasteiger partial charge in [0, 0.05) is 12.1 Å². The summed E-state index contributed by atoms with van der Waals surface area (Å²) in [5.74, 6) is 2.02. The summed E-state index contributed by atoms with van der Waals surface area (Å²) in [6.45, 7) is 6.42. The van der Waals surface area contributed by atoms with Crippen molar-refractivity contribution in [3.63, 3.8) is 0 Å². The molecule has 0 radical (unpaired) electrons. The summed E-state index contributed by atoms with van der Waals surface area (Å²) in [6.07, 6.45) is 11.6. The molecule has 2 saturated carbocycles. The number of hydrogen-bond acceptors (Lipinski definition) is 2. The Labute approximate surface area is 113 Å². The Morgan fingerprint density at radius 1 is 0.889 bits per heavy atom. The lowest BCUT2D eigenvalue weighted by Gasteiger charge is -2.40. The lowest BCUT2D eigenvalue weighted by Crippen LogP contribution is -2.47. The third kappa shape index (κ3) is 3.48. The summed E-state index contributed by atoms with van der Waals surface area (Å²) >= 11 is 0. The molecule has 3 rings (SSSR count). The molecular weight excluding hydrogens is 220 g/mol. The van der Waals surface area contributed by atoms with Gasteiger partial charge in [-0.3, -0.25) is 0 Å². The molecule has 3 fully saturated rings. The van der Waals surface area contributed by atoms with E-state index in [-0.39, 0.29) is 0 Å². The van der Waals surface area contributed by atoms with Gasteiger partial charge in [0.15, 0.2) is 0 Å². The van der Waals surface area contributed by atoms with Gasteiger partial charge in [0.05, 0.1) is 0 Å². The zero-order chi connectivity index (χ0) is 12.4. The van der Waals surface area contributed by atoms with Crippen molar-refractivity contribution in [2.24, 2.45) is 11.8 Å². The first kappa shape index (κ1) is 12.9. The van der Waals surface area contributed by atoms with Crippen LogP contribution in [0.25, 0.3) is 0 Å². The number of nitrogens with zero attached hydrogens (tertiary/aromatic N) is 1. The highest BCUT2D eigenvalue weighted by Crippen LogP contribution is 2.30. The molecule has 0 spiro atoms. The molecule has 2 nitrogen and oxygen atoms in total. The molecule has 104 valence electrons. The van der Waals surface area contributed by atoms with Gasteiger partial charge in [0.2, 0.25) is 0 Å². The molecule has 0 aromatic rings. The second-order valence-electron chi connectivity index (χ2n) is 7.08. The minimum atomic E-state index is 0.823. The molecule has 3 aliphatic rings. The van der Waals surface area contributed by atoms with E-state index in [2.05, 4.69) is 17.1 Å². The van der Waals surface area contributed by atoms with Gasteiger partial charge < -0.3 is 10.2 Å². The summed E-state index contributed by atoms with van der Waals surface area (Å²) in [4.78, 5) is 2.79. The first-order valence-electron chi connectivity index (χ1n) is 8.28. The Hall–Kier alpha value is -0.0800. The largest absolute Gasteiger partial charge is 0.314 e. The quantitative estimate of drug-likeness (QED) is 0.825. The fourth-order valence-electron chi connectivity index (χ4n) is 3.73. The van der Waals surface area contributed by atoms with Crippen molar-refractivity contribution in [1.82, 2.24) is 10.2 Å². The topological polar surface area (TPSA) is 15.3 Å². The van der Waals surface area contributed by atoms with Crippen LogP contribution in [-0.4, -0.2) is 36.6 Å². The molecule has 0 aromatic heterocycles. The summed E-state index contributed by atoms with van der Waals surface area (Å²) in [5, 5.41) is 3.79. The maximum absolute atomic E-state index is 3.79. The van der Waals surface area contributed by atoms with Gasteiger partial charge in [0.1, 0.15) is 0 Å². The van der Waals surface area contributed by atoms with Gasteiger partial charge in [-0.2, -0.15) is 0 Å². The Bertz CT molecular complexity index is 246. The molecule has 1 saturated heterocycles. The van der Waals surface area contributed by atoms with Crippen LogP contribution in [0.15, 0.2) is 0 Å². The van der Waals surface area contributed by atoms with Crippen molar-refractivity contribution in [2.45, 2.75) is 70.4 Å².